The summed E-state index contributed by atoms with van der Waals surface area (Å²) >= 11 is 0. The molecule has 15 heavy (non-hydrogen) atoms. The van der Waals surface area contributed by atoms with Gasteiger partial charge in [0.1, 0.15) is 0 Å². The zero-order chi connectivity index (χ0) is 10.8. The highest BCUT2D eigenvalue weighted by molar-refractivity contribution is 4.84. The van der Waals surface area contributed by atoms with Gasteiger partial charge in [0.15, 0.2) is 0 Å². The van der Waals surface area contributed by atoms with Crippen molar-refractivity contribution in [3.8, 4) is 0 Å². The highest BCUT2D eigenvalue weighted by Gasteiger charge is 2.29. The van der Waals surface area contributed by atoms with Gasteiger partial charge in [-0.25, -0.2) is 0 Å². The first-order chi connectivity index (χ1) is 7.15. The fourth-order valence-corrected chi connectivity index (χ4v) is 3.21. The Morgan fingerprint density at radius 3 is 2.67 bits per heavy atom. The van der Waals surface area contributed by atoms with Crippen molar-refractivity contribution in [2.24, 2.45) is 11.8 Å². The third-order valence-corrected chi connectivity index (χ3v) is 4.16. The van der Waals surface area contributed by atoms with Crippen LogP contribution in [0.5, 0.6) is 0 Å². The Hall–Kier alpha value is -0.0800. The van der Waals surface area contributed by atoms with E-state index in [2.05, 4.69) is 31.0 Å². The van der Waals surface area contributed by atoms with Gasteiger partial charge in [-0.1, -0.05) is 0 Å². The molecule has 0 saturated carbocycles. The first-order valence-corrected chi connectivity index (χ1v) is 6.62. The summed E-state index contributed by atoms with van der Waals surface area (Å²) in [4.78, 5) is 2.64. The third kappa shape index (κ3) is 2.94. The summed E-state index contributed by atoms with van der Waals surface area (Å²) in [5.41, 5.74) is 0. The summed E-state index contributed by atoms with van der Waals surface area (Å²) in [6.07, 6.45) is 4.29. The summed E-state index contributed by atoms with van der Waals surface area (Å²) < 4.78 is 0. The van der Waals surface area contributed by atoms with Crippen LogP contribution in [0.15, 0.2) is 0 Å². The van der Waals surface area contributed by atoms with E-state index in [0.29, 0.717) is 0 Å². The average Bonchev–Trinajstić information content (AvgIpc) is 2.76. The van der Waals surface area contributed by atoms with Gasteiger partial charge in [0.25, 0.3) is 0 Å². The maximum atomic E-state index is 3.56. The van der Waals surface area contributed by atoms with Crippen LogP contribution >= 0.6 is 0 Å². The molecule has 2 heteroatoms. The first kappa shape index (κ1) is 11.4. The van der Waals surface area contributed by atoms with Gasteiger partial charge in [-0.3, -0.25) is 0 Å². The van der Waals surface area contributed by atoms with Crippen molar-refractivity contribution in [1.82, 2.24) is 10.2 Å². The Morgan fingerprint density at radius 2 is 2.13 bits per heavy atom. The lowest BCUT2D eigenvalue weighted by Crippen LogP contribution is -2.28. The van der Waals surface area contributed by atoms with E-state index in [1.807, 2.05) is 0 Å². The number of nitrogens with one attached hydrogen (secondary N) is 1. The topological polar surface area (TPSA) is 15.3 Å². The number of rotatable bonds is 3. The fourth-order valence-electron chi connectivity index (χ4n) is 3.21. The minimum atomic E-state index is 0.746. The van der Waals surface area contributed by atoms with E-state index < -0.39 is 0 Å². The van der Waals surface area contributed by atoms with E-state index in [9.17, 15) is 0 Å². The molecule has 2 fully saturated rings. The van der Waals surface area contributed by atoms with Gasteiger partial charge in [0.2, 0.25) is 0 Å². The van der Waals surface area contributed by atoms with Crippen LogP contribution in [-0.4, -0.2) is 36.6 Å². The van der Waals surface area contributed by atoms with Crippen molar-refractivity contribution in [2.75, 3.05) is 19.6 Å². The van der Waals surface area contributed by atoms with E-state index in [1.54, 1.807) is 0 Å². The Kier molecular flexibility index (Phi) is 3.68. The lowest BCUT2D eigenvalue weighted by atomic mass is 9.92. The van der Waals surface area contributed by atoms with Gasteiger partial charge in [-0.05, 0) is 65.0 Å². The molecular weight excluding hydrogens is 184 g/mol. The molecule has 88 valence electrons. The molecule has 2 heterocycles. The lowest BCUT2D eigenvalue weighted by Gasteiger charge is -2.21. The maximum absolute atomic E-state index is 3.56. The quantitative estimate of drug-likeness (QED) is 0.767. The van der Waals surface area contributed by atoms with E-state index in [0.717, 1.165) is 23.9 Å². The molecule has 0 radical (unpaired) electrons. The number of nitrogens with zero attached hydrogens (tertiary/aromatic N) is 1. The molecule has 0 aliphatic carbocycles. The SMILES string of the molecule is CC1CC(CC2CCN(C(C)C)C2)CN1. The minimum absolute atomic E-state index is 0.746. The molecule has 2 saturated heterocycles. The van der Waals surface area contributed by atoms with Crippen LogP contribution < -0.4 is 5.32 Å². The molecule has 0 bridgehead atoms. The van der Waals surface area contributed by atoms with Crippen LogP contribution in [0.1, 0.15) is 40.0 Å². The molecule has 0 spiro atoms. The van der Waals surface area contributed by atoms with Gasteiger partial charge < -0.3 is 10.2 Å². The highest BCUT2D eigenvalue weighted by atomic mass is 15.2. The van der Waals surface area contributed by atoms with Crippen LogP contribution in [0, 0.1) is 11.8 Å². The molecule has 2 aliphatic heterocycles. The van der Waals surface area contributed by atoms with E-state index in [4.69, 9.17) is 0 Å². The van der Waals surface area contributed by atoms with Gasteiger partial charge in [-0.2, -0.15) is 0 Å². The van der Waals surface area contributed by atoms with Gasteiger partial charge in [0, 0.05) is 18.6 Å². The Morgan fingerprint density at radius 1 is 1.33 bits per heavy atom. The zero-order valence-electron chi connectivity index (χ0n) is 10.5. The number of likely N-dealkylation sites (tertiary alicyclic amines) is 1. The van der Waals surface area contributed by atoms with Crippen molar-refractivity contribution < 1.29 is 0 Å². The highest BCUT2D eigenvalue weighted by Crippen LogP contribution is 2.28. The van der Waals surface area contributed by atoms with Crippen molar-refractivity contribution >= 4 is 0 Å². The van der Waals surface area contributed by atoms with Crippen LogP contribution in [0.3, 0.4) is 0 Å². The predicted molar refractivity (Wildman–Crippen MR) is 65.0 cm³/mol. The molecular formula is C13H26N2. The molecule has 0 amide bonds. The van der Waals surface area contributed by atoms with Crippen molar-refractivity contribution in [3.63, 3.8) is 0 Å². The second-order valence-corrected chi connectivity index (χ2v) is 5.89. The van der Waals surface area contributed by atoms with Crippen molar-refractivity contribution in [2.45, 2.75) is 52.1 Å². The molecule has 0 aromatic rings. The molecule has 2 aliphatic rings. The van der Waals surface area contributed by atoms with Crippen molar-refractivity contribution in [3.05, 3.63) is 0 Å². The fraction of sp³-hybridized carbons (Fsp3) is 1.00. The summed E-state index contributed by atoms with van der Waals surface area (Å²) in [7, 11) is 0. The monoisotopic (exact) mass is 210 g/mol. The standard InChI is InChI=1S/C13H26N2/c1-10(2)15-5-4-12(9-15)7-13-6-11(3)14-8-13/h10-14H,4-9H2,1-3H3. The Labute approximate surface area is 94.4 Å². The maximum Gasteiger partial charge on any atom is 0.00419 e. The van der Waals surface area contributed by atoms with Crippen molar-refractivity contribution in [1.29, 1.82) is 0 Å². The van der Waals surface area contributed by atoms with Crippen LogP contribution in [-0.2, 0) is 0 Å². The van der Waals surface area contributed by atoms with Crippen LogP contribution in [0.25, 0.3) is 0 Å². The Bertz CT molecular complexity index is 203. The summed E-state index contributed by atoms with van der Waals surface area (Å²) in [6, 6.07) is 1.51. The largest absolute Gasteiger partial charge is 0.314 e. The average molecular weight is 210 g/mol. The third-order valence-electron chi connectivity index (χ3n) is 4.16. The van der Waals surface area contributed by atoms with E-state index >= 15 is 0 Å². The summed E-state index contributed by atoms with van der Waals surface area (Å²) in [5.74, 6) is 1.93. The smallest absolute Gasteiger partial charge is 0.00419 e. The molecule has 2 nitrogen and oxygen atoms in total. The number of hydrogen-bond acceptors (Lipinski definition) is 2. The zero-order valence-corrected chi connectivity index (χ0v) is 10.5. The molecule has 3 unspecified atom stereocenters. The van der Waals surface area contributed by atoms with Gasteiger partial charge in [0.05, 0.1) is 0 Å². The van der Waals surface area contributed by atoms with Crippen LogP contribution in [0.2, 0.25) is 0 Å². The molecule has 2 rings (SSSR count). The van der Waals surface area contributed by atoms with E-state index in [-0.39, 0.29) is 0 Å². The minimum Gasteiger partial charge on any atom is -0.314 e. The molecule has 1 N–H and O–H groups in total. The molecule has 3 atom stereocenters. The van der Waals surface area contributed by atoms with Crippen LogP contribution in [0.4, 0.5) is 0 Å². The molecule has 0 aromatic carbocycles. The normalized spacial score (nSPS) is 38.0. The van der Waals surface area contributed by atoms with E-state index in [1.165, 1.54) is 38.9 Å². The second-order valence-electron chi connectivity index (χ2n) is 5.89. The second kappa shape index (κ2) is 4.84. The summed E-state index contributed by atoms with van der Waals surface area (Å²) in [6.45, 7) is 10.9. The Balaban J connectivity index is 1.73. The predicted octanol–water partition coefficient (Wildman–Crippen LogP) is 2.10. The van der Waals surface area contributed by atoms with Gasteiger partial charge >= 0.3 is 0 Å². The van der Waals surface area contributed by atoms with Gasteiger partial charge in [-0.15, -0.1) is 0 Å². The first-order valence-electron chi connectivity index (χ1n) is 6.62. The lowest BCUT2D eigenvalue weighted by molar-refractivity contribution is 0.257. The summed E-state index contributed by atoms with van der Waals surface area (Å²) in [5, 5.41) is 3.56. The number of hydrogen-bond donors (Lipinski definition) is 1. The molecule has 0 aromatic heterocycles.